The second-order valence-corrected chi connectivity index (χ2v) is 6.82. The first kappa shape index (κ1) is 12.9. The van der Waals surface area contributed by atoms with Gasteiger partial charge in [0.2, 0.25) is 5.91 Å². The van der Waals surface area contributed by atoms with Crippen molar-refractivity contribution in [1.82, 2.24) is 4.90 Å². The molecule has 0 unspecified atom stereocenters. The molecule has 3 aliphatic rings. The third kappa shape index (κ3) is 1.19. The van der Waals surface area contributed by atoms with Crippen molar-refractivity contribution in [3.8, 4) is 0 Å². The molecule has 6 nitrogen and oxygen atoms in total. The monoisotopic (exact) mass is 269 g/mol. The fourth-order valence-corrected chi connectivity index (χ4v) is 3.46. The van der Waals surface area contributed by atoms with Crippen molar-refractivity contribution in [2.75, 3.05) is 13.2 Å². The molecule has 6 heteroatoms. The molecular formula is C13H19NO5. The van der Waals surface area contributed by atoms with E-state index in [0.717, 1.165) is 0 Å². The van der Waals surface area contributed by atoms with E-state index in [9.17, 15) is 14.7 Å². The summed E-state index contributed by atoms with van der Waals surface area (Å²) in [5, 5.41) is 10.8. The number of hydrogen-bond donors (Lipinski definition) is 1. The fraction of sp³-hybridized carbons (Fsp3) is 0.846. The van der Waals surface area contributed by atoms with Gasteiger partial charge in [-0.1, -0.05) is 27.7 Å². The quantitative estimate of drug-likeness (QED) is 0.621. The van der Waals surface area contributed by atoms with E-state index >= 15 is 0 Å². The molecule has 0 aromatic rings. The van der Waals surface area contributed by atoms with Gasteiger partial charge in [0.25, 0.3) is 0 Å². The highest BCUT2D eigenvalue weighted by molar-refractivity contribution is 5.98. The molecule has 19 heavy (non-hydrogen) atoms. The van der Waals surface area contributed by atoms with Gasteiger partial charge in [-0.2, -0.15) is 0 Å². The van der Waals surface area contributed by atoms with Crippen molar-refractivity contribution in [3.05, 3.63) is 0 Å². The molecule has 106 valence electrons. The Labute approximate surface area is 111 Å². The zero-order valence-corrected chi connectivity index (χ0v) is 11.6. The molecule has 1 spiro atoms. The van der Waals surface area contributed by atoms with Crippen LogP contribution in [0.1, 0.15) is 27.7 Å². The molecule has 3 saturated heterocycles. The van der Waals surface area contributed by atoms with Crippen LogP contribution in [0, 0.1) is 11.3 Å². The maximum Gasteiger partial charge on any atom is 0.337 e. The van der Waals surface area contributed by atoms with Crippen molar-refractivity contribution in [1.29, 1.82) is 0 Å². The van der Waals surface area contributed by atoms with Crippen LogP contribution in [-0.2, 0) is 19.1 Å². The average molecular weight is 269 g/mol. The van der Waals surface area contributed by atoms with Gasteiger partial charge in [-0.3, -0.25) is 9.69 Å². The molecule has 0 saturated carbocycles. The van der Waals surface area contributed by atoms with Crippen LogP contribution in [0.25, 0.3) is 0 Å². The number of ether oxygens (including phenoxy) is 2. The standard InChI is InChI=1S/C13H19NO5/c1-7-8(15)14-9(11(2,3)4)18-5-12(14)10(16)19-6-13(7,12)17/h7,9,17H,5-6H2,1-4H3/t7-,9-,12+,13-/m1/s1. The Morgan fingerprint density at radius 1 is 1.32 bits per heavy atom. The van der Waals surface area contributed by atoms with E-state index in [1.807, 2.05) is 20.8 Å². The fourth-order valence-electron chi connectivity index (χ4n) is 3.46. The Balaban J connectivity index is 2.15. The number of cyclic esters (lactones) is 1. The Bertz CT molecular complexity index is 470. The number of esters is 1. The van der Waals surface area contributed by atoms with Gasteiger partial charge < -0.3 is 14.6 Å². The first-order chi connectivity index (χ1) is 8.66. The van der Waals surface area contributed by atoms with Gasteiger partial charge in [0.05, 0.1) is 12.5 Å². The third-order valence-corrected chi connectivity index (χ3v) is 4.64. The molecule has 4 atom stereocenters. The third-order valence-electron chi connectivity index (χ3n) is 4.64. The molecule has 0 aliphatic carbocycles. The number of amides is 1. The van der Waals surface area contributed by atoms with E-state index in [1.54, 1.807) is 6.92 Å². The van der Waals surface area contributed by atoms with Crippen LogP contribution in [0.4, 0.5) is 0 Å². The van der Waals surface area contributed by atoms with Crippen LogP contribution in [-0.4, -0.2) is 52.5 Å². The molecule has 0 aromatic carbocycles. The zero-order valence-electron chi connectivity index (χ0n) is 11.6. The minimum atomic E-state index is -1.48. The van der Waals surface area contributed by atoms with Gasteiger partial charge in [0.1, 0.15) is 18.4 Å². The Morgan fingerprint density at radius 2 is 1.95 bits per heavy atom. The highest BCUT2D eigenvalue weighted by atomic mass is 16.6. The lowest BCUT2D eigenvalue weighted by atomic mass is 9.78. The second kappa shape index (κ2) is 3.30. The van der Waals surface area contributed by atoms with Crippen LogP contribution < -0.4 is 0 Å². The molecule has 0 aromatic heterocycles. The van der Waals surface area contributed by atoms with E-state index in [2.05, 4.69) is 0 Å². The molecule has 1 N–H and O–H groups in total. The number of carbonyl (C=O) groups is 2. The van der Waals surface area contributed by atoms with E-state index in [4.69, 9.17) is 9.47 Å². The summed E-state index contributed by atoms with van der Waals surface area (Å²) in [6.07, 6.45) is -0.526. The number of nitrogens with zero attached hydrogens (tertiary/aromatic N) is 1. The van der Waals surface area contributed by atoms with E-state index in [0.29, 0.717) is 0 Å². The second-order valence-electron chi connectivity index (χ2n) is 6.82. The normalized spacial score (nSPS) is 45.4. The van der Waals surface area contributed by atoms with Crippen molar-refractivity contribution in [2.24, 2.45) is 11.3 Å². The first-order valence-corrected chi connectivity index (χ1v) is 6.50. The van der Waals surface area contributed by atoms with Gasteiger partial charge >= 0.3 is 5.97 Å². The van der Waals surface area contributed by atoms with Gasteiger partial charge in [0, 0.05) is 5.41 Å². The predicted molar refractivity (Wildman–Crippen MR) is 63.8 cm³/mol. The molecule has 3 fully saturated rings. The lowest BCUT2D eigenvalue weighted by Crippen LogP contribution is -2.61. The van der Waals surface area contributed by atoms with Gasteiger partial charge in [-0.05, 0) is 0 Å². The summed E-state index contributed by atoms with van der Waals surface area (Å²) < 4.78 is 10.7. The molecule has 0 radical (unpaired) electrons. The smallest absolute Gasteiger partial charge is 0.337 e. The molecule has 3 rings (SSSR count). The van der Waals surface area contributed by atoms with E-state index in [1.165, 1.54) is 4.90 Å². The minimum absolute atomic E-state index is 0.000347. The van der Waals surface area contributed by atoms with Gasteiger partial charge in [0.15, 0.2) is 5.54 Å². The largest absolute Gasteiger partial charge is 0.461 e. The topological polar surface area (TPSA) is 76.1 Å². The highest BCUT2D eigenvalue weighted by Gasteiger charge is 2.79. The van der Waals surface area contributed by atoms with Crippen LogP contribution in [0.5, 0.6) is 0 Å². The molecule has 1 amide bonds. The zero-order chi connectivity index (χ0) is 14.2. The van der Waals surface area contributed by atoms with Crippen molar-refractivity contribution in [3.63, 3.8) is 0 Å². The van der Waals surface area contributed by atoms with Gasteiger partial charge in [-0.25, -0.2) is 4.79 Å². The SMILES string of the molecule is C[C@@H]1C(=O)N2[C@@H](C(C)(C)C)OC[C@@]23C(=O)OC[C@@]13O. The summed E-state index contributed by atoms with van der Waals surface area (Å²) in [6.45, 7) is 7.31. The number of hydrogen-bond acceptors (Lipinski definition) is 5. The lowest BCUT2D eigenvalue weighted by molar-refractivity contribution is -0.155. The maximum absolute atomic E-state index is 12.5. The maximum atomic E-state index is 12.5. The predicted octanol–water partition coefficient (Wildman–Crippen LogP) is -0.106. The van der Waals surface area contributed by atoms with Gasteiger partial charge in [-0.15, -0.1) is 0 Å². The van der Waals surface area contributed by atoms with Crippen LogP contribution >= 0.6 is 0 Å². The molecule has 3 aliphatic heterocycles. The van der Waals surface area contributed by atoms with Crippen LogP contribution in [0.3, 0.4) is 0 Å². The van der Waals surface area contributed by atoms with E-state index in [-0.39, 0.29) is 24.5 Å². The van der Waals surface area contributed by atoms with Crippen molar-refractivity contribution in [2.45, 2.75) is 45.1 Å². The van der Waals surface area contributed by atoms with Crippen molar-refractivity contribution >= 4 is 11.9 Å². The summed E-state index contributed by atoms with van der Waals surface area (Å²) in [4.78, 5) is 26.1. The van der Waals surface area contributed by atoms with Crippen LogP contribution in [0.2, 0.25) is 0 Å². The summed E-state index contributed by atoms with van der Waals surface area (Å²) in [7, 11) is 0. The Kier molecular flexibility index (Phi) is 2.23. The Hall–Kier alpha value is -1.14. The Morgan fingerprint density at radius 3 is 2.53 bits per heavy atom. The van der Waals surface area contributed by atoms with Crippen LogP contribution in [0.15, 0.2) is 0 Å². The number of rotatable bonds is 0. The highest BCUT2D eigenvalue weighted by Crippen LogP contribution is 2.54. The summed E-state index contributed by atoms with van der Waals surface area (Å²) in [5.74, 6) is -1.45. The lowest BCUT2D eigenvalue weighted by Gasteiger charge is -2.36. The molecular weight excluding hydrogens is 250 g/mol. The molecule has 3 heterocycles. The number of carbonyl (C=O) groups excluding carboxylic acids is 2. The first-order valence-electron chi connectivity index (χ1n) is 6.50. The van der Waals surface area contributed by atoms with E-state index < -0.39 is 29.3 Å². The molecule has 0 bridgehead atoms. The minimum Gasteiger partial charge on any atom is -0.461 e. The van der Waals surface area contributed by atoms with Crippen molar-refractivity contribution < 1.29 is 24.2 Å². The number of aliphatic hydroxyl groups is 1. The summed E-state index contributed by atoms with van der Waals surface area (Å²) in [5.41, 5.74) is -3.18. The summed E-state index contributed by atoms with van der Waals surface area (Å²) >= 11 is 0. The summed E-state index contributed by atoms with van der Waals surface area (Å²) in [6, 6.07) is 0. The average Bonchev–Trinajstić information content (AvgIpc) is 2.88.